The van der Waals surface area contributed by atoms with Crippen molar-refractivity contribution in [3.63, 3.8) is 0 Å². The lowest BCUT2D eigenvalue weighted by Gasteiger charge is -2.43. The highest BCUT2D eigenvalue weighted by atomic mass is 32.3. The standard InChI is InChI=1S/C14H17N3O11S3/c1-29-14-12(26-13(18)8-5-3-2-4-6-8)11(28-31(22,23)24)10(27-30(19,20)21)9(25-14)7-16-17-15/h2-6,9-12,14H,7H2,1H3,(H,19,20,21)(H,22,23,24)/t9-,10-,11+,12+,14-/m1/s1. The van der Waals surface area contributed by atoms with Gasteiger partial charge in [-0.2, -0.15) is 16.8 Å². The van der Waals surface area contributed by atoms with Crippen LogP contribution in [0.1, 0.15) is 10.4 Å². The van der Waals surface area contributed by atoms with E-state index in [1.54, 1.807) is 6.07 Å². The van der Waals surface area contributed by atoms with E-state index in [-0.39, 0.29) is 5.56 Å². The maximum Gasteiger partial charge on any atom is 0.397 e. The first-order chi connectivity index (χ1) is 14.4. The minimum absolute atomic E-state index is 0.0661. The number of nitrogens with zero attached hydrogens (tertiary/aromatic N) is 3. The lowest BCUT2D eigenvalue weighted by molar-refractivity contribution is -0.180. The Hall–Kier alpha value is -1.95. The Morgan fingerprint density at radius 3 is 2.23 bits per heavy atom. The molecule has 0 amide bonds. The zero-order valence-electron chi connectivity index (χ0n) is 15.6. The molecule has 1 aromatic rings. The second-order valence-corrected chi connectivity index (χ2v) is 8.94. The van der Waals surface area contributed by atoms with Crippen molar-refractivity contribution in [2.75, 3.05) is 12.8 Å². The molecule has 0 aromatic heterocycles. The van der Waals surface area contributed by atoms with Crippen LogP contribution >= 0.6 is 11.8 Å². The van der Waals surface area contributed by atoms with Gasteiger partial charge in [0.15, 0.2) is 6.10 Å². The predicted octanol–water partition coefficient (Wildman–Crippen LogP) is 0.986. The molecule has 0 aliphatic carbocycles. The van der Waals surface area contributed by atoms with E-state index in [9.17, 15) is 26.2 Å². The number of azide groups is 1. The van der Waals surface area contributed by atoms with Crippen molar-refractivity contribution >= 4 is 38.5 Å². The Kier molecular flexibility index (Phi) is 8.64. The Balaban J connectivity index is 2.49. The molecular weight excluding hydrogens is 482 g/mol. The summed E-state index contributed by atoms with van der Waals surface area (Å²) in [7, 11) is -10.5. The number of benzene rings is 1. The van der Waals surface area contributed by atoms with Gasteiger partial charge in [-0.3, -0.25) is 9.11 Å². The minimum atomic E-state index is -5.24. The first-order valence-corrected chi connectivity index (χ1v) is 12.2. The smallest absolute Gasteiger partial charge is 0.397 e. The van der Waals surface area contributed by atoms with Crippen LogP contribution in [0.3, 0.4) is 0 Å². The van der Waals surface area contributed by atoms with Crippen LogP contribution in [0.5, 0.6) is 0 Å². The summed E-state index contributed by atoms with van der Waals surface area (Å²) >= 11 is 0.920. The molecule has 17 heteroatoms. The van der Waals surface area contributed by atoms with E-state index in [2.05, 4.69) is 18.4 Å². The number of carbonyl (C=O) groups is 1. The fourth-order valence-electron chi connectivity index (χ4n) is 2.73. The number of esters is 1. The lowest BCUT2D eigenvalue weighted by atomic mass is 9.99. The van der Waals surface area contributed by atoms with E-state index in [0.29, 0.717) is 0 Å². The number of carbonyl (C=O) groups excluding carboxylic acids is 1. The highest BCUT2D eigenvalue weighted by Gasteiger charge is 2.52. The summed E-state index contributed by atoms with van der Waals surface area (Å²) in [4.78, 5) is 15.0. The van der Waals surface area contributed by atoms with Crippen LogP contribution in [0, 0.1) is 0 Å². The van der Waals surface area contributed by atoms with Crippen molar-refractivity contribution in [1.82, 2.24) is 0 Å². The van der Waals surface area contributed by atoms with Crippen molar-refractivity contribution in [2.24, 2.45) is 5.11 Å². The first-order valence-electron chi connectivity index (χ1n) is 8.21. The predicted molar refractivity (Wildman–Crippen MR) is 105 cm³/mol. The number of thioether (sulfide) groups is 1. The van der Waals surface area contributed by atoms with Crippen molar-refractivity contribution in [1.29, 1.82) is 0 Å². The molecule has 1 fully saturated rings. The fourth-order valence-corrected chi connectivity index (χ4v) is 4.48. The van der Waals surface area contributed by atoms with Crippen LogP contribution < -0.4 is 0 Å². The average molecular weight is 500 g/mol. The van der Waals surface area contributed by atoms with Crippen LogP contribution in [0.25, 0.3) is 10.4 Å². The molecule has 1 heterocycles. The lowest BCUT2D eigenvalue weighted by Crippen LogP contribution is -2.61. The highest BCUT2D eigenvalue weighted by Crippen LogP contribution is 2.34. The SMILES string of the molecule is CS[C@H]1O[C@H](CN=[N+]=[N-])[C@@H](OS(=O)(=O)O)[C@H](OS(=O)(=O)O)[C@@H]1OC(=O)c1ccccc1. The van der Waals surface area contributed by atoms with Gasteiger partial charge < -0.3 is 9.47 Å². The van der Waals surface area contributed by atoms with Gasteiger partial charge in [0.05, 0.1) is 18.2 Å². The fraction of sp³-hybridized carbons (Fsp3) is 0.500. The number of hydrogen-bond donors (Lipinski definition) is 2. The maximum absolute atomic E-state index is 12.5. The Bertz CT molecular complexity index is 1030. The van der Waals surface area contributed by atoms with E-state index < -0.39 is 63.2 Å². The number of ether oxygens (including phenoxy) is 2. The van der Waals surface area contributed by atoms with E-state index in [1.165, 1.54) is 30.5 Å². The molecule has 0 radical (unpaired) electrons. The number of rotatable bonds is 9. The topological polar surface area (TPSA) is 211 Å². The van der Waals surface area contributed by atoms with Crippen molar-refractivity contribution < 1.29 is 48.6 Å². The van der Waals surface area contributed by atoms with Gasteiger partial charge in [-0.15, -0.1) is 11.8 Å². The molecule has 172 valence electrons. The van der Waals surface area contributed by atoms with E-state index in [4.69, 9.17) is 19.6 Å². The molecule has 1 aliphatic rings. The van der Waals surface area contributed by atoms with E-state index in [1.807, 2.05) is 0 Å². The Labute approximate surface area is 181 Å². The van der Waals surface area contributed by atoms with E-state index in [0.717, 1.165) is 11.8 Å². The first kappa shape index (κ1) is 25.3. The molecule has 0 bridgehead atoms. The Morgan fingerprint density at radius 1 is 1.13 bits per heavy atom. The molecule has 2 rings (SSSR count). The second kappa shape index (κ2) is 10.6. The third kappa shape index (κ3) is 7.60. The third-order valence-electron chi connectivity index (χ3n) is 3.87. The van der Waals surface area contributed by atoms with Gasteiger partial charge >= 0.3 is 26.8 Å². The quantitative estimate of drug-likeness (QED) is 0.160. The molecular formula is C14H17N3O11S3. The van der Waals surface area contributed by atoms with Gasteiger partial charge in [0, 0.05) is 4.91 Å². The largest absolute Gasteiger partial charge is 0.452 e. The molecule has 0 unspecified atom stereocenters. The molecule has 1 saturated heterocycles. The summed E-state index contributed by atoms with van der Waals surface area (Å²) in [6, 6.07) is 7.50. The number of hydrogen-bond acceptors (Lipinski definition) is 11. The summed E-state index contributed by atoms with van der Waals surface area (Å²) in [6.45, 7) is -0.571. The summed E-state index contributed by atoms with van der Waals surface area (Å²) in [6.07, 6.45) is -5.60. The monoisotopic (exact) mass is 499 g/mol. The molecule has 0 saturated carbocycles. The molecule has 2 N–H and O–H groups in total. The molecule has 31 heavy (non-hydrogen) atoms. The van der Waals surface area contributed by atoms with Crippen LogP contribution in [0.4, 0.5) is 0 Å². The summed E-state index contributed by atoms with van der Waals surface area (Å²) in [5, 5.41) is 3.22. The van der Waals surface area contributed by atoms with Crippen molar-refractivity contribution in [3.8, 4) is 0 Å². The summed E-state index contributed by atoms with van der Waals surface area (Å²) in [5.41, 5.74) is 7.44. The van der Waals surface area contributed by atoms with Crippen molar-refractivity contribution in [2.45, 2.75) is 29.9 Å². The van der Waals surface area contributed by atoms with Crippen molar-refractivity contribution in [3.05, 3.63) is 46.3 Å². The van der Waals surface area contributed by atoms with Gasteiger partial charge in [0.2, 0.25) is 0 Å². The van der Waals surface area contributed by atoms with Gasteiger partial charge in [0.1, 0.15) is 17.6 Å². The van der Waals surface area contributed by atoms with Gasteiger partial charge in [-0.25, -0.2) is 13.2 Å². The van der Waals surface area contributed by atoms with Crippen LogP contribution in [-0.4, -0.2) is 74.6 Å². The average Bonchev–Trinajstić information content (AvgIpc) is 2.68. The zero-order chi connectivity index (χ0) is 23.2. The molecule has 1 aliphatic heterocycles. The van der Waals surface area contributed by atoms with Crippen LogP contribution in [0.2, 0.25) is 0 Å². The third-order valence-corrected chi connectivity index (χ3v) is 5.64. The Morgan fingerprint density at radius 2 is 1.71 bits per heavy atom. The van der Waals surface area contributed by atoms with Gasteiger partial charge in [0.25, 0.3) is 0 Å². The molecule has 1 aromatic carbocycles. The normalized spacial score (nSPS) is 26.6. The minimum Gasteiger partial charge on any atom is -0.452 e. The highest BCUT2D eigenvalue weighted by molar-refractivity contribution is 7.99. The second-order valence-electron chi connectivity index (χ2n) is 5.91. The van der Waals surface area contributed by atoms with Crippen LogP contribution in [0.15, 0.2) is 35.4 Å². The molecule has 5 atom stereocenters. The summed E-state index contributed by atoms with van der Waals surface area (Å²) in [5.74, 6) is -0.948. The zero-order valence-corrected chi connectivity index (χ0v) is 18.1. The van der Waals surface area contributed by atoms with Gasteiger partial charge in [-0.1, -0.05) is 23.3 Å². The van der Waals surface area contributed by atoms with Crippen LogP contribution in [-0.2, 0) is 38.6 Å². The molecule has 0 spiro atoms. The summed E-state index contributed by atoms with van der Waals surface area (Å²) < 4.78 is 83.7. The molecule has 14 nitrogen and oxygen atoms in total. The van der Waals surface area contributed by atoms with E-state index >= 15 is 0 Å². The maximum atomic E-state index is 12.5. The van der Waals surface area contributed by atoms with Gasteiger partial charge in [-0.05, 0) is 23.9 Å².